The third kappa shape index (κ3) is 4.49. The maximum absolute atomic E-state index is 13.5. The van der Waals surface area contributed by atoms with Gasteiger partial charge < -0.3 is 14.3 Å². The Morgan fingerprint density at radius 2 is 1.96 bits per heavy atom. The van der Waals surface area contributed by atoms with Crippen LogP contribution < -0.4 is 0 Å². The van der Waals surface area contributed by atoms with Gasteiger partial charge in [-0.15, -0.1) is 0 Å². The van der Waals surface area contributed by atoms with Gasteiger partial charge in [0.2, 0.25) is 0 Å². The number of carbonyl (C=O) groups excluding carboxylic acids is 1. The minimum absolute atomic E-state index is 0.0662. The quantitative estimate of drug-likeness (QED) is 0.669. The summed E-state index contributed by atoms with van der Waals surface area (Å²) >= 11 is 0. The van der Waals surface area contributed by atoms with Crippen molar-refractivity contribution in [1.82, 2.24) is 19.9 Å². The van der Waals surface area contributed by atoms with Gasteiger partial charge in [0.15, 0.2) is 0 Å². The van der Waals surface area contributed by atoms with Crippen molar-refractivity contribution in [2.24, 2.45) is 5.92 Å². The summed E-state index contributed by atoms with van der Waals surface area (Å²) in [7, 11) is 0. The number of aromatic nitrogens is 2. The van der Waals surface area contributed by atoms with Crippen molar-refractivity contribution in [1.29, 1.82) is 0 Å². The van der Waals surface area contributed by atoms with Gasteiger partial charge in [-0.3, -0.25) is 4.79 Å². The van der Waals surface area contributed by atoms with Crippen LogP contribution in [-0.2, 0) is 0 Å². The Hall–Kier alpha value is -1.95. The van der Waals surface area contributed by atoms with Crippen molar-refractivity contribution in [3.63, 3.8) is 0 Å². The number of pyridine rings is 1. The van der Waals surface area contributed by atoms with Crippen molar-refractivity contribution < 1.29 is 9.32 Å². The van der Waals surface area contributed by atoms with Crippen molar-refractivity contribution in [3.05, 3.63) is 23.0 Å². The van der Waals surface area contributed by atoms with Crippen molar-refractivity contribution in [2.75, 3.05) is 32.7 Å². The molecular formula is C21H32N4O2. The number of fused-ring (bicyclic) bond motifs is 1. The molecule has 6 nitrogen and oxygen atoms in total. The van der Waals surface area contributed by atoms with E-state index in [1.807, 2.05) is 17.9 Å². The molecule has 0 aromatic carbocycles. The highest BCUT2D eigenvalue weighted by Gasteiger charge is 2.30. The van der Waals surface area contributed by atoms with E-state index >= 15 is 0 Å². The second kappa shape index (κ2) is 8.38. The SMILES string of the molecule is CCN(CC)CCN(CC(C)C)C(=O)c1cc(C2CC2)nc2onc(C)c12. The Bertz CT molecular complexity index is 791. The van der Waals surface area contributed by atoms with E-state index in [0.717, 1.165) is 62.3 Å². The summed E-state index contributed by atoms with van der Waals surface area (Å²) < 4.78 is 5.41. The summed E-state index contributed by atoms with van der Waals surface area (Å²) in [6, 6.07) is 1.98. The molecule has 0 radical (unpaired) electrons. The Labute approximate surface area is 161 Å². The zero-order chi connectivity index (χ0) is 19.6. The normalized spacial score (nSPS) is 14.5. The number of aryl methyl sites for hydroxylation is 1. The van der Waals surface area contributed by atoms with E-state index in [2.05, 4.69) is 42.7 Å². The van der Waals surface area contributed by atoms with Gasteiger partial charge in [-0.1, -0.05) is 32.9 Å². The molecule has 0 N–H and O–H groups in total. The Morgan fingerprint density at radius 1 is 1.26 bits per heavy atom. The predicted molar refractivity (Wildman–Crippen MR) is 107 cm³/mol. The number of nitrogens with zero attached hydrogens (tertiary/aromatic N) is 4. The first kappa shape index (κ1) is 19.8. The lowest BCUT2D eigenvalue weighted by molar-refractivity contribution is 0.0718. The first-order valence-corrected chi connectivity index (χ1v) is 10.2. The summed E-state index contributed by atoms with van der Waals surface area (Å²) in [5.41, 5.74) is 2.89. The maximum Gasteiger partial charge on any atom is 0.259 e. The van der Waals surface area contributed by atoms with Crippen LogP contribution in [0.15, 0.2) is 10.6 Å². The number of likely N-dealkylation sites (N-methyl/N-ethyl adjacent to an activating group) is 1. The van der Waals surface area contributed by atoms with Crippen LogP contribution in [0, 0.1) is 12.8 Å². The summed E-state index contributed by atoms with van der Waals surface area (Å²) in [6.45, 7) is 14.9. The van der Waals surface area contributed by atoms with Crippen molar-refractivity contribution in [3.8, 4) is 0 Å². The molecule has 148 valence electrons. The lowest BCUT2D eigenvalue weighted by Crippen LogP contribution is -2.40. The number of amides is 1. The minimum atomic E-state index is 0.0662. The zero-order valence-electron chi connectivity index (χ0n) is 17.3. The lowest BCUT2D eigenvalue weighted by Gasteiger charge is -2.28. The first-order chi connectivity index (χ1) is 12.9. The molecule has 0 bridgehead atoms. The monoisotopic (exact) mass is 372 g/mol. The van der Waals surface area contributed by atoms with Crippen LogP contribution in [0.4, 0.5) is 0 Å². The molecule has 0 saturated heterocycles. The smallest absolute Gasteiger partial charge is 0.259 e. The van der Waals surface area contributed by atoms with Gasteiger partial charge in [-0.2, -0.15) is 0 Å². The Morgan fingerprint density at radius 3 is 2.56 bits per heavy atom. The molecule has 0 aliphatic heterocycles. The third-order valence-electron chi connectivity index (χ3n) is 5.32. The van der Waals surface area contributed by atoms with Gasteiger partial charge in [-0.25, -0.2) is 4.98 Å². The highest BCUT2D eigenvalue weighted by atomic mass is 16.5. The number of hydrogen-bond donors (Lipinski definition) is 0. The van der Waals surface area contributed by atoms with Gasteiger partial charge >= 0.3 is 0 Å². The molecule has 6 heteroatoms. The highest BCUT2D eigenvalue weighted by molar-refractivity contribution is 6.06. The fourth-order valence-electron chi connectivity index (χ4n) is 3.56. The minimum Gasteiger partial charge on any atom is -0.337 e. The predicted octanol–water partition coefficient (Wildman–Crippen LogP) is 3.85. The molecule has 2 heterocycles. The fraction of sp³-hybridized carbons (Fsp3) is 0.667. The van der Waals surface area contributed by atoms with Gasteiger partial charge in [-0.05, 0) is 44.8 Å². The van der Waals surface area contributed by atoms with E-state index in [9.17, 15) is 4.79 Å². The van der Waals surface area contributed by atoms with E-state index < -0.39 is 0 Å². The van der Waals surface area contributed by atoms with E-state index in [-0.39, 0.29) is 5.91 Å². The van der Waals surface area contributed by atoms with E-state index in [1.165, 1.54) is 0 Å². The number of hydrogen-bond acceptors (Lipinski definition) is 5. The van der Waals surface area contributed by atoms with Crippen molar-refractivity contribution in [2.45, 2.75) is 53.4 Å². The third-order valence-corrected chi connectivity index (χ3v) is 5.32. The summed E-state index contributed by atoms with van der Waals surface area (Å²) in [4.78, 5) is 22.5. The largest absolute Gasteiger partial charge is 0.337 e. The number of rotatable bonds is 9. The number of carbonyl (C=O) groups is 1. The van der Waals surface area contributed by atoms with Gasteiger partial charge in [0.05, 0.1) is 16.6 Å². The molecule has 0 spiro atoms. The average molecular weight is 373 g/mol. The standard InChI is InChI=1S/C21H32N4O2/c1-6-24(7-2)10-11-25(13-14(3)4)21(26)17-12-18(16-8-9-16)22-20-19(17)15(5)23-27-20/h12,14,16H,6-11,13H2,1-5H3. The summed E-state index contributed by atoms with van der Waals surface area (Å²) in [5.74, 6) is 0.937. The Balaban J connectivity index is 1.93. The molecule has 1 aliphatic carbocycles. The molecule has 3 rings (SSSR count). The van der Waals surface area contributed by atoms with Gasteiger partial charge in [0.1, 0.15) is 0 Å². The van der Waals surface area contributed by atoms with Crippen LogP contribution >= 0.6 is 0 Å². The van der Waals surface area contributed by atoms with E-state index in [1.54, 1.807) is 0 Å². The molecule has 1 fully saturated rings. The molecule has 1 amide bonds. The molecule has 0 atom stereocenters. The molecule has 0 unspecified atom stereocenters. The van der Waals surface area contributed by atoms with Crippen LogP contribution in [0.2, 0.25) is 0 Å². The van der Waals surface area contributed by atoms with Crippen LogP contribution in [0.25, 0.3) is 11.1 Å². The molecule has 27 heavy (non-hydrogen) atoms. The first-order valence-electron chi connectivity index (χ1n) is 10.2. The molecule has 1 saturated carbocycles. The van der Waals surface area contributed by atoms with Crippen LogP contribution in [0.5, 0.6) is 0 Å². The zero-order valence-corrected chi connectivity index (χ0v) is 17.3. The fourth-order valence-corrected chi connectivity index (χ4v) is 3.56. The Kier molecular flexibility index (Phi) is 6.15. The average Bonchev–Trinajstić information content (AvgIpc) is 3.43. The van der Waals surface area contributed by atoms with Crippen LogP contribution in [0.3, 0.4) is 0 Å². The molecular weight excluding hydrogens is 340 g/mol. The van der Waals surface area contributed by atoms with E-state index in [4.69, 9.17) is 4.52 Å². The maximum atomic E-state index is 13.5. The van der Waals surface area contributed by atoms with Crippen molar-refractivity contribution >= 4 is 17.0 Å². The second-order valence-corrected chi connectivity index (χ2v) is 7.99. The van der Waals surface area contributed by atoms with Crippen LogP contribution in [-0.4, -0.2) is 58.6 Å². The topological polar surface area (TPSA) is 62.5 Å². The summed E-state index contributed by atoms with van der Waals surface area (Å²) in [6.07, 6.45) is 2.27. The summed E-state index contributed by atoms with van der Waals surface area (Å²) in [5, 5.41) is 4.83. The molecule has 2 aromatic heterocycles. The van der Waals surface area contributed by atoms with Crippen LogP contribution in [0.1, 0.15) is 68.2 Å². The molecule has 2 aromatic rings. The molecule has 1 aliphatic rings. The second-order valence-electron chi connectivity index (χ2n) is 7.99. The highest BCUT2D eigenvalue weighted by Crippen LogP contribution is 2.40. The van der Waals surface area contributed by atoms with E-state index in [0.29, 0.717) is 23.1 Å². The lowest BCUT2D eigenvalue weighted by atomic mass is 10.1. The van der Waals surface area contributed by atoms with Gasteiger partial charge in [0.25, 0.3) is 11.6 Å². The van der Waals surface area contributed by atoms with Gasteiger partial charge in [0, 0.05) is 31.2 Å².